The molecule has 0 saturated heterocycles. The Bertz CT molecular complexity index is 532. The Balaban J connectivity index is 1.57. The van der Waals surface area contributed by atoms with E-state index in [0.717, 1.165) is 25.7 Å². The number of aliphatic hydroxyl groups excluding tert-OH is 3. The maximum absolute atomic E-state index is 11.6. The topological polar surface area (TPSA) is 141 Å². The second-order valence-electron chi connectivity index (χ2n) is 7.15. The van der Waals surface area contributed by atoms with Crippen LogP contribution < -0.4 is 0 Å². The van der Waals surface area contributed by atoms with Gasteiger partial charge in [0.2, 0.25) is 0 Å². The van der Waals surface area contributed by atoms with E-state index < -0.39 is 56.2 Å². The molecule has 3 rings (SSSR count). The summed E-state index contributed by atoms with van der Waals surface area (Å²) in [6.45, 7) is -0.909. The van der Waals surface area contributed by atoms with Crippen molar-refractivity contribution in [2.45, 2.75) is 62.3 Å². The number of methoxy groups -OCH3 is 1. The second-order valence-corrected chi connectivity index (χ2v) is 7.15. The van der Waals surface area contributed by atoms with Crippen molar-refractivity contribution in [3.05, 3.63) is 0 Å². The quantitative estimate of drug-likeness (QED) is 0.321. The second kappa shape index (κ2) is 8.80. The van der Waals surface area contributed by atoms with Gasteiger partial charge in [0, 0.05) is 7.11 Å². The van der Waals surface area contributed by atoms with Crippen molar-refractivity contribution in [2.75, 3.05) is 20.7 Å². The van der Waals surface area contributed by atoms with E-state index in [1.807, 2.05) is 0 Å². The summed E-state index contributed by atoms with van der Waals surface area (Å²) in [4.78, 5) is 23.2. The minimum atomic E-state index is -1.47. The fourth-order valence-corrected chi connectivity index (χ4v) is 3.05. The molecule has 0 radical (unpaired) electrons. The Hall–Kier alpha value is -1.30. The molecule has 0 aliphatic heterocycles. The van der Waals surface area contributed by atoms with Gasteiger partial charge in [0.05, 0.1) is 11.8 Å². The van der Waals surface area contributed by atoms with Crippen LogP contribution in [0.5, 0.6) is 0 Å². The molecule has 3 fully saturated rings. The summed E-state index contributed by atoms with van der Waals surface area (Å²) < 4.78 is 25.8. The van der Waals surface area contributed by atoms with Crippen molar-refractivity contribution in [1.29, 1.82) is 0 Å². The van der Waals surface area contributed by atoms with Crippen LogP contribution in [0.4, 0.5) is 0 Å². The van der Waals surface area contributed by atoms with Gasteiger partial charge in [-0.15, -0.1) is 0 Å². The molecule has 0 aromatic carbocycles. The van der Waals surface area contributed by atoms with Crippen molar-refractivity contribution >= 4 is 11.9 Å². The number of rotatable bonds is 9. The van der Waals surface area contributed by atoms with Gasteiger partial charge < -0.3 is 39.0 Å². The molecular weight excluding hydrogens is 364 g/mol. The summed E-state index contributed by atoms with van der Waals surface area (Å²) in [5, 5.41) is 30.9. The summed E-state index contributed by atoms with van der Waals surface area (Å²) in [6, 6.07) is 0. The van der Waals surface area contributed by atoms with Gasteiger partial charge in [0.1, 0.15) is 36.6 Å². The van der Waals surface area contributed by atoms with Crippen molar-refractivity contribution in [1.82, 2.24) is 0 Å². The lowest BCUT2D eigenvalue weighted by Crippen LogP contribution is -2.65. The summed E-state index contributed by atoms with van der Waals surface area (Å²) in [6.07, 6.45) is -4.68. The first-order valence-corrected chi connectivity index (χ1v) is 9.07. The predicted molar refractivity (Wildman–Crippen MR) is 85.9 cm³/mol. The van der Waals surface area contributed by atoms with E-state index in [1.54, 1.807) is 0 Å². The van der Waals surface area contributed by atoms with Gasteiger partial charge in [-0.1, -0.05) is 0 Å². The number of carbonyl (C=O) groups is 2. The highest BCUT2D eigenvalue weighted by molar-refractivity contribution is 5.75. The maximum atomic E-state index is 11.6. The molecule has 0 amide bonds. The summed E-state index contributed by atoms with van der Waals surface area (Å²) in [7, 11) is 1.27. The summed E-state index contributed by atoms with van der Waals surface area (Å²) in [5.74, 6) is -1.02. The standard InChI is InChI=1S/C17H26O10/c1-23-13-10(18)11(19)14(24-6-26-16(21)8-2-3-8)15(12(13)20)25-7-27-17(22)9-4-5-9/h8-15,18-20H,2-7H2,1H3. The largest absolute Gasteiger partial charge is 0.438 e. The molecule has 0 aromatic heterocycles. The van der Waals surface area contributed by atoms with Crippen molar-refractivity contribution in [2.24, 2.45) is 11.8 Å². The van der Waals surface area contributed by atoms with E-state index in [0.29, 0.717) is 0 Å². The number of ether oxygens (including phenoxy) is 5. The zero-order chi connectivity index (χ0) is 19.6. The van der Waals surface area contributed by atoms with E-state index in [4.69, 9.17) is 23.7 Å². The van der Waals surface area contributed by atoms with E-state index in [-0.39, 0.29) is 17.8 Å². The average Bonchev–Trinajstić information content (AvgIpc) is 3.53. The van der Waals surface area contributed by atoms with Crippen LogP contribution in [-0.4, -0.2) is 84.6 Å². The molecule has 154 valence electrons. The van der Waals surface area contributed by atoms with Crippen LogP contribution in [0, 0.1) is 11.8 Å². The van der Waals surface area contributed by atoms with Crippen LogP contribution in [0.3, 0.4) is 0 Å². The van der Waals surface area contributed by atoms with Crippen LogP contribution >= 0.6 is 0 Å². The lowest BCUT2D eigenvalue weighted by molar-refractivity contribution is -0.274. The fraction of sp³-hybridized carbons (Fsp3) is 0.882. The minimum absolute atomic E-state index is 0.113. The fourth-order valence-electron chi connectivity index (χ4n) is 3.05. The SMILES string of the molecule is COC1C(O)C(O)C(OCOC(=O)C2CC2)C(OCOC(=O)C2CC2)C1O. The monoisotopic (exact) mass is 390 g/mol. The van der Waals surface area contributed by atoms with Crippen molar-refractivity contribution in [3.8, 4) is 0 Å². The lowest BCUT2D eigenvalue weighted by atomic mass is 9.84. The maximum Gasteiger partial charge on any atom is 0.311 e. The van der Waals surface area contributed by atoms with Crippen LogP contribution in [0.15, 0.2) is 0 Å². The molecule has 10 nitrogen and oxygen atoms in total. The summed E-state index contributed by atoms with van der Waals surface area (Å²) in [5.41, 5.74) is 0. The highest BCUT2D eigenvalue weighted by atomic mass is 16.7. The number of hydrogen-bond donors (Lipinski definition) is 3. The molecule has 10 heteroatoms. The molecule has 0 spiro atoms. The third-order valence-electron chi connectivity index (χ3n) is 5.04. The molecule has 0 heterocycles. The minimum Gasteiger partial charge on any atom is -0.438 e. The van der Waals surface area contributed by atoms with Gasteiger partial charge in [-0.25, -0.2) is 0 Å². The Morgan fingerprint density at radius 3 is 1.56 bits per heavy atom. The molecule has 6 atom stereocenters. The smallest absolute Gasteiger partial charge is 0.311 e. The number of aliphatic hydroxyl groups is 3. The van der Waals surface area contributed by atoms with Gasteiger partial charge >= 0.3 is 11.9 Å². The summed E-state index contributed by atoms with van der Waals surface area (Å²) >= 11 is 0. The molecule has 0 aromatic rings. The third-order valence-corrected chi connectivity index (χ3v) is 5.04. The first-order chi connectivity index (χ1) is 12.9. The normalized spacial score (nSPS) is 36.3. The van der Waals surface area contributed by atoms with Crippen LogP contribution in [0.25, 0.3) is 0 Å². The molecule has 3 aliphatic carbocycles. The Morgan fingerprint density at radius 2 is 1.15 bits per heavy atom. The highest BCUT2D eigenvalue weighted by Crippen LogP contribution is 2.32. The van der Waals surface area contributed by atoms with Crippen LogP contribution in [-0.2, 0) is 33.3 Å². The predicted octanol–water partition coefficient (Wildman–Crippen LogP) is -1.31. The zero-order valence-corrected chi connectivity index (χ0v) is 15.1. The van der Waals surface area contributed by atoms with Crippen LogP contribution in [0.1, 0.15) is 25.7 Å². The number of hydrogen-bond acceptors (Lipinski definition) is 10. The molecule has 3 N–H and O–H groups in total. The number of carbonyl (C=O) groups excluding carboxylic acids is 2. The lowest BCUT2D eigenvalue weighted by Gasteiger charge is -2.44. The zero-order valence-electron chi connectivity index (χ0n) is 15.1. The third kappa shape index (κ3) is 4.95. The Labute approximate surface area is 156 Å². The van der Waals surface area contributed by atoms with Gasteiger partial charge in [0.15, 0.2) is 13.6 Å². The highest BCUT2D eigenvalue weighted by Gasteiger charge is 2.51. The van der Waals surface area contributed by atoms with Gasteiger partial charge in [-0.3, -0.25) is 9.59 Å². The number of esters is 2. The van der Waals surface area contributed by atoms with Crippen LogP contribution in [0.2, 0.25) is 0 Å². The van der Waals surface area contributed by atoms with Gasteiger partial charge in [0.25, 0.3) is 0 Å². The molecule has 3 aliphatic rings. The van der Waals surface area contributed by atoms with Crippen molar-refractivity contribution < 1.29 is 48.6 Å². The first-order valence-electron chi connectivity index (χ1n) is 9.07. The molecule has 27 heavy (non-hydrogen) atoms. The molecule has 6 unspecified atom stereocenters. The van der Waals surface area contributed by atoms with E-state index in [2.05, 4.69) is 0 Å². The Kier molecular flexibility index (Phi) is 6.66. The van der Waals surface area contributed by atoms with E-state index >= 15 is 0 Å². The first kappa shape index (κ1) is 20.4. The molecular formula is C17H26O10. The van der Waals surface area contributed by atoms with E-state index in [9.17, 15) is 24.9 Å². The Morgan fingerprint density at radius 1 is 0.741 bits per heavy atom. The van der Waals surface area contributed by atoms with Gasteiger partial charge in [-0.2, -0.15) is 0 Å². The van der Waals surface area contributed by atoms with Crippen molar-refractivity contribution in [3.63, 3.8) is 0 Å². The van der Waals surface area contributed by atoms with Gasteiger partial charge in [-0.05, 0) is 25.7 Å². The average molecular weight is 390 g/mol. The molecule has 3 saturated carbocycles. The molecule has 0 bridgehead atoms. The van der Waals surface area contributed by atoms with E-state index in [1.165, 1.54) is 7.11 Å².